The summed E-state index contributed by atoms with van der Waals surface area (Å²) < 4.78 is 25.6. The Hall–Kier alpha value is -3.66. The quantitative estimate of drug-likeness (QED) is 0.168. The van der Waals surface area contributed by atoms with Gasteiger partial charge in [-0.15, -0.1) is 0 Å². The van der Waals surface area contributed by atoms with Crippen LogP contribution in [-0.4, -0.2) is 5.97 Å². The van der Waals surface area contributed by atoms with Gasteiger partial charge in [0.25, 0.3) is 0 Å². The van der Waals surface area contributed by atoms with Crippen LogP contribution >= 0.6 is 0 Å². The SMILES string of the molecule is C/C=C/CCc1ccc(OCc2ccc(OC(=O)c3ccc(CC/C=C/C)c(F)c3)cc2)cc1. The maximum absolute atomic E-state index is 14.3. The van der Waals surface area contributed by atoms with E-state index >= 15 is 0 Å². The van der Waals surface area contributed by atoms with Gasteiger partial charge in [0.05, 0.1) is 5.56 Å². The largest absolute Gasteiger partial charge is 0.489 e. The number of esters is 1. The van der Waals surface area contributed by atoms with E-state index in [9.17, 15) is 9.18 Å². The van der Waals surface area contributed by atoms with Crippen molar-refractivity contribution in [2.24, 2.45) is 0 Å². The van der Waals surface area contributed by atoms with Crippen LogP contribution in [0.1, 0.15) is 53.7 Å². The van der Waals surface area contributed by atoms with Crippen molar-refractivity contribution in [3.63, 3.8) is 0 Å². The Balaban J connectivity index is 1.50. The molecule has 0 N–H and O–H groups in total. The third kappa shape index (κ3) is 7.73. The van der Waals surface area contributed by atoms with Crippen molar-refractivity contribution in [3.8, 4) is 11.5 Å². The highest BCUT2D eigenvalue weighted by atomic mass is 19.1. The number of halogens is 1. The lowest BCUT2D eigenvalue weighted by atomic mass is 10.1. The van der Waals surface area contributed by atoms with Crippen molar-refractivity contribution in [2.75, 3.05) is 0 Å². The van der Waals surface area contributed by atoms with Gasteiger partial charge in [-0.1, -0.05) is 54.6 Å². The molecule has 0 atom stereocenters. The second-order valence-corrected chi connectivity index (χ2v) is 7.99. The number of hydrogen-bond acceptors (Lipinski definition) is 3. The fourth-order valence-electron chi connectivity index (χ4n) is 3.44. The molecule has 4 heteroatoms. The van der Waals surface area contributed by atoms with Crippen molar-refractivity contribution in [1.82, 2.24) is 0 Å². The molecule has 0 aromatic heterocycles. The maximum atomic E-state index is 14.3. The highest BCUT2D eigenvalue weighted by Crippen LogP contribution is 2.19. The fraction of sp³-hybridized carbons (Fsp3) is 0.233. The van der Waals surface area contributed by atoms with Gasteiger partial charge in [-0.3, -0.25) is 0 Å². The Morgan fingerprint density at radius 1 is 0.794 bits per heavy atom. The molecule has 0 saturated heterocycles. The second-order valence-electron chi connectivity index (χ2n) is 7.99. The Bertz CT molecular complexity index is 1110. The van der Waals surface area contributed by atoms with Gasteiger partial charge in [-0.2, -0.15) is 0 Å². The molecular weight excluding hydrogens is 427 g/mol. The van der Waals surface area contributed by atoms with Gasteiger partial charge >= 0.3 is 5.97 Å². The van der Waals surface area contributed by atoms with Crippen molar-refractivity contribution in [3.05, 3.63) is 119 Å². The van der Waals surface area contributed by atoms with E-state index in [2.05, 4.69) is 24.3 Å². The molecule has 0 unspecified atom stereocenters. The number of benzene rings is 3. The van der Waals surface area contributed by atoms with Gasteiger partial charge in [0.15, 0.2) is 0 Å². The van der Waals surface area contributed by atoms with Crippen LogP contribution in [0.2, 0.25) is 0 Å². The third-order valence-corrected chi connectivity index (χ3v) is 5.40. The van der Waals surface area contributed by atoms with Gasteiger partial charge < -0.3 is 9.47 Å². The standard InChI is InChI=1S/C30H31FO3/c1-3-5-7-9-23-11-17-27(18-12-23)33-22-24-13-19-28(20-14-24)34-30(32)26-16-15-25(29(31)21-26)10-8-6-4-2/h3-6,11-21H,7-10,22H2,1-2H3/b5-3+,6-4+. The number of carbonyl (C=O) groups excluding carboxylic acids is 1. The van der Waals surface area contributed by atoms with Crippen molar-refractivity contribution >= 4 is 5.97 Å². The molecule has 0 aliphatic heterocycles. The van der Waals surface area contributed by atoms with E-state index in [1.165, 1.54) is 11.6 Å². The monoisotopic (exact) mass is 458 g/mol. The minimum absolute atomic E-state index is 0.189. The smallest absolute Gasteiger partial charge is 0.343 e. The van der Waals surface area contributed by atoms with Crippen molar-refractivity contribution in [1.29, 1.82) is 0 Å². The summed E-state index contributed by atoms with van der Waals surface area (Å²) in [6, 6.07) is 19.7. The van der Waals surface area contributed by atoms with E-state index < -0.39 is 11.8 Å². The molecule has 0 fully saturated rings. The molecule has 0 aliphatic rings. The van der Waals surface area contributed by atoms with E-state index in [4.69, 9.17) is 9.47 Å². The lowest BCUT2D eigenvalue weighted by Gasteiger charge is -2.09. The molecule has 0 bridgehead atoms. The second kappa shape index (κ2) is 13.1. The highest BCUT2D eigenvalue weighted by molar-refractivity contribution is 5.91. The van der Waals surface area contributed by atoms with Gasteiger partial charge in [-0.05, 0) is 92.6 Å². The summed E-state index contributed by atoms with van der Waals surface area (Å²) in [6.07, 6.45) is 11.5. The van der Waals surface area contributed by atoms with E-state index in [0.717, 1.165) is 30.6 Å². The van der Waals surface area contributed by atoms with Crippen molar-refractivity contribution < 1.29 is 18.7 Å². The molecule has 0 radical (unpaired) electrons. The molecule has 3 rings (SSSR count). The van der Waals surface area contributed by atoms with Crippen LogP contribution < -0.4 is 9.47 Å². The predicted molar refractivity (Wildman–Crippen MR) is 135 cm³/mol. The number of hydrogen-bond donors (Lipinski definition) is 0. The molecule has 0 heterocycles. The topological polar surface area (TPSA) is 35.5 Å². The average Bonchev–Trinajstić information content (AvgIpc) is 2.85. The zero-order valence-corrected chi connectivity index (χ0v) is 19.8. The molecule has 176 valence electrons. The summed E-state index contributed by atoms with van der Waals surface area (Å²) >= 11 is 0. The third-order valence-electron chi connectivity index (χ3n) is 5.40. The van der Waals surface area contributed by atoms with Crippen LogP contribution in [0.5, 0.6) is 11.5 Å². The lowest BCUT2D eigenvalue weighted by molar-refractivity contribution is 0.0734. The maximum Gasteiger partial charge on any atom is 0.343 e. The van der Waals surface area contributed by atoms with Crippen LogP contribution in [0.4, 0.5) is 4.39 Å². The Morgan fingerprint density at radius 2 is 1.41 bits per heavy atom. The summed E-state index contributed by atoms with van der Waals surface area (Å²) in [7, 11) is 0. The van der Waals surface area contributed by atoms with Gasteiger partial charge in [0.1, 0.15) is 23.9 Å². The van der Waals surface area contributed by atoms with Crippen LogP contribution in [0.15, 0.2) is 91.0 Å². The number of aryl methyl sites for hydroxylation is 2. The highest BCUT2D eigenvalue weighted by Gasteiger charge is 2.12. The van der Waals surface area contributed by atoms with E-state index in [1.807, 2.05) is 50.3 Å². The first kappa shape index (κ1) is 25.0. The molecule has 0 saturated carbocycles. The molecule has 3 aromatic rings. The van der Waals surface area contributed by atoms with E-state index in [-0.39, 0.29) is 5.56 Å². The Kier molecular flexibility index (Phi) is 9.65. The van der Waals surface area contributed by atoms with Crippen LogP contribution in [0, 0.1) is 5.82 Å². The lowest BCUT2D eigenvalue weighted by Crippen LogP contribution is -2.09. The van der Waals surface area contributed by atoms with Crippen molar-refractivity contribution in [2.45, 2.75) is 46.1 Å². The predicted octanol–water partition coefficient (Wildman–Crippen LogP) is 7.64. The summed E-state index contributed by atoms with van der Waals surface area (Å²) in [5.74, 6) is 0.230. The molecule has 0 amide bonds. The summed E-state index contributed by atoms with van der Waals surface area (Å²) in [5.41, 5.74) is 3.00. The summed E-state index contributed by atoms with van der Waals surface area (Å²) in [6.45, 7) is 4.37. The zero-order chi connectivity index (χ0) is 24.2. The molecule has 3 nitrogen and oxygen atoms in total. The number of carbonyl (C=O) groups is 1. The first-order chi connectivity index (χ1) is 16.6. The molecule has 0 aliphatic carbocycles. The summed E-state index contributed by atoms with van der Waals surface area (Å²) in [4.78, 5) is 12.4. The number of allylic oxidation sites excluding steroid dienone is 4. The fourth-order valence-corrected chi connectivity index (χ4v) is 3.44. The Labute approximate surface area is 201 Å². The minimum atomic E-state index is -0.586. The van der Waals surface area contributed by atoms with Gasteiger partial charge in [-0.25, -0.2) is 9.18 Å². The van der Waals surface area contributed by atoms with Gasteiger partial charge in [0.2, 0.25) is 0 Å². The minimum Gasteiger partial charge on any atom is -0.489 e. The zero-order valence-electron chi connectivity index (χ0n) is 19.8. The van der Waals surface area contributed by atoms with Crippen LogP contribution in [-0.2, 0) is 19.4 Å². The summed E-state index contributed by atoms with van der Waals surface area (Å²) in [5, 5.41) is 0. The Morgan fingerprint density at radius 3 is 2.06 bits per heavy atom. The molecule has 0 spiro atoms. The van der Waals surface area contributed by atoms with Gasteiger partial charge in [0, 0.05) is 0 Å². The normalized spacial score (nSPS) is 11.3. The number of rotatable bonds is 11. The van der Waals surface area contributed by atoms with Crippen LogP contribution in [0.3, 0.4) is 0 Å². The van der Waals surface area contributed by atoms with E-state index in [0.29, 0.717) is 24.3 Å². The van der Waals surface area contributed by atoms with E-state index in [1.54, 1.807) is 24.3 Å². The van der Waals surface area contributed by atoms with Crippen LogP contribution in [0.25, 0.3) is 0 Å². The molecule has 34 heavy (non-hydrogen) atoms. The first-order valence-electron chi connectivity index (χ1n) is 11.6. The average molecular weight is 459 g/mol. The first-order valence-corrected chi connectivity index (χ1v) is 11.6. The number of ether oxygens (including phenoxy) is 2. The molecule has 3 aromatic carbocycles. The molecular formula is C30H31FO3.